The molecule has 1 amide bonds. The maximum atomic E-state index is 13.4. The van der Waals surface area contributed by atoms with Gasteiger partial charge in [0.2, 0.25) is 5.56 Å². The fourth-order valence-electron chi connectivity index (χ4n) is 4.55. The standard InChI is InChI=1S/C18H19FN2O3/c19-11-3-4-12-13(7-16(23)20-15(12)6-11)18(24)21-17-10-2-1-9(5-10)14(17)8-22/h3-4,6-7,9-10,14,17,22H,1-2,5,8H2,(H,20,23)(H,21,24). The van der Waals surface area contributed by atoms with E-state index in [1.165, 1.54) is 24.3 Å². The van der Waals surface area contributed by atoms with Crippen LogP contribution in [0.5, 0.6) is 0 Å². The molecule has 1 aromatic heterocycles. The Balaban J connectivity index is 1.68. The molecule has 4 rings (SSSR count). The third kappa shape index (κ3) is 2.41. The lowest BCUT2D eigenvalue weighted by Crippen LogP contribution is -2.45. The first-order valence-corrected chi connectivity index (χ1v) is 8.31. The molecule has 4 atom stereocenters. The van der Waals surface area contributed by atoms with Gasteiger partial charge in [0.1, 0.15) is 5.82 Å². The summed E-state index contributed by atoms with van der Waals surface area (Å²) in [4.78, 5) is 27.1. The number of hydrogen-bond acceptors (Lipinski definition) is 3. The van der Waals surface area contributed by atoms with E-state index >= 15 is 0 Å². The van der Waals surface area contributed by atoms with Crippen molar-refractivity contribution in [2.24, 2.45) is 17.8 Å². The van der Waals surface area contributed by atoms with Crippen molar-refractivity contribution in [1.82, 2.24) is 10.3 Å². The van der Waals surface area contributed by atoms with E-state index in [0.717, 1.165) is 19.3 Å². The Bertz CT molecular complexity index is 863. The van der Waals surface area contributed by atoms with E-state index in [0.29, 0.717) is 22.7 Å². The van der Waals surface area contributed by atoms with Crippen molar-refractivity contribution in [2.75, 3.05) is 6.61 Å². The van der Waals surface area contributed by atoms with Crippen LogP contribution in [-0.4, -0.2) is 28.6 Å². The molecule has 0 radical (unpaired) electrons. The molecule has 2 fully saturated rings. The van der Waals surface area contributed by atoms with Gasteiger partial charge >= 0.3 is 0 Å². The predicted octanol–water partition coefficient (Wildman–Crippen LogP) is 1.80. The maximum Gasteiger partial charge on any atom is 0.252 e. The molecule has 126 valence electrons. The number of aliphatic hydroxyl groups is 1. The smallest absolute Gasteiger partial charge is 0.252 e. The average Bonchev–Trinajstić information content (AvgIpc) is 3.14. The van der Waals surface area contributed by atoms with Gasteiger partial charge in [-0.1, -0.05) is 0 Å². The van der Waals surface area contributed by atoms with Gasteiger partial charge in [0.15, 0.2) is 0 Å². The third-order valence-corrected chi connectivity index (χ3v) is 5.65. The first kappa shape index (κ1) is 15.3. The van der Waals surface area contributed by atoms with Gasteiger partial charge in [0.25, 0.3) is 5.91 Å². The molecule has 5 nitrogen and oxygen atoms in total. The first-order valence-electron chi connectivity index (χ1n) is 8.31. The second kappa shape index (κ2) is 5.70. The minimum Gasteiger partial charge on any atom is -0.396 e. The number of benzene rings is 1. The van der Waals surface area contributed by atoms with Crippen molar-refractivity contribution in [1.29, 1.82) is 0 Å². The molecular formula is C18H19FN2O3. The van der Waals surface area contributed by atoms with Gasteiger partial charge in [-0.25, -0.2) is 4.39 Å². The van der Waals surface area contributed by atoms with Crippen LogP contribution in [0, 0.1) is 23.6 Å². The number of carbonyl (C=O) groups is 1. The summed E-state index contributed by atoms with van der Waals surface area (Å²) in [7, 11) is 0. The molecule has 0 spiro atoms. The quantitative estimate of drug-likeness (QED) is 0.803. The molecule has 2 aliphatic rings. The van der Waals surface area contributed by atoms with Gasteiger partial charge in [-0.15, -0.1) is 0 Å². The number of aromatic nitrogens is 1. The van der Waals surface area contributed by atoms with Crippen LogP contribution in [0.1, 0.15) is 29.6 Å². The summed E-state index contributed by atoms with van der Waals surface area (Å²) in [6, 6.07) is 5.17. The van der Waals surface area contributed by atoms with Crippen LogP contribution in [0.25, 0.3) is 10.9 Å². The zero-order valence-corrected chi connectivity index (χ0v) is 13.1. The largest absolute Gasteiger partial charge is 0.396 e. The van der Waals surface area contributed by atoms with Crippen LogP contribution < -0.4 is 10.9 Å². The van der Waals surface area contributed by atoms with Crippen LogP contribution >= 0.6 is 0 Å². The molecule has 24 heavy (non-hydrogen) atoms. The van der Waals surface area contributed by atoms with Crippen molar-refractivity contribution in [3.63, 3.8) is 0 Å². The minimum absolute atomic E-state index is 0.0592. The summed E-state index contributed by atoms with van der Waals surface area (Å²) in [5, 5.41) is 13.2. The molecule has 1 aromatic carbocycles. The van der Waals surface area contributed by atoms with Crippen LogP contribution in [0.15, 0.2) is 29.1 Å². The number of nitrogens with one attached hydrogen (secondary N) is 2. The first-order chi connectivity index (χ1) is 11.6. The van der Waals surface area contributed by atoms with E-state index in [1.54, 1.807) is 0 Å². The van der Waals surface area contributed by atoms with Crippen LogP contribution in [0.2, 0.25) is 0 Å². The lowest BCUT2D eigenvalue weighted by molar-refractivity contribution is 0.0863. The number of pyridine rings is 1. The molecule has 3 N–H and O–H groups in total. The van der Waals surface area contributed by atoms with E-state index in [9.17, 15) is 19.1 Å². The SMILES string of the molecule is O=C(NC1C2CCC(C2)C1CO)c1cc(=O)[nH]c2cc(F)ccc12. The van der Waals surface area contributed by atoms with Gasteiger partial charge in [-0.3, -0.25) is 9.59 Å². The van der Waals surface area contributed by atoms with Crippen molar-refractivity contribution in [3.05, 3.63) is 46.0 Å². The monoisotopic (exact) mass is 330 g/mol. The van der Waals surface area contributed by atoms with Gasteiger partial charge in [0.05, 0.1) is 11.1 Å². The Hall–Kier alpha value is -2.21. The number of H-pyrrole nitrogens is 1. The van der Waals surface area contributed by atoms with E-state index in [4.69, 9.17) is 0 Å². The summed E-state index contributed by atoms with van der Waals surface area (Å²) in [6.07, 6.45) is 3.21. The van der Waals surface area contributed by atoms with Gasteiger partial charge < -0.3 is 15.4 Å². The second-order valence-electron chi connectivity index (χ2n) is 6.92. The number of halogens is 1. The number of hydrogen-bond donors (Lipinski definition) is 3. The molecule has 1 heterocycles. The van der Waals surface area contributed by atoms with E-state index in [-0.39, 0.29) is 30.0 Å². The van der Waals surface area contributed by atoms with E-state index < -0.39 is 11.4 Å². The third-order valence-electron chi connectivity index (χ3n) is 5.65. The van der Waals surface area contributed by atoms with Gasteiger partial charge in [-0.2, -0.15) is 0 Å². The fraction of sp³-hybridized carbons (Fsp3) is 0.444. The molecule has 0 saturated heterocycles. The van der Waals surface area contributed by atoms with Crippen molar-refractivity contribution in [3.8, 4) is 0 Å². The maximum absolute atomic E-state index is 13.4. The molecular weight excluding hydrogens is 311 g/mol. The lowest BCUT2D eigenvalue weighted by Gasteiger charge is -2.30. The highest BCUT2D eigenvalue weighted by Gasteiger charge is 2.47. The number of amides is 1. The number of rotatable bonds is 3. The Morgan fingerprint density at radius 1 is 1.29 bits per heavy atom. The van der Waals surface area contributed by atoms with Gasteiger partial charge in [-0.05, 0) is 49.3 Å². The summed E-state index contributed by atoms with van der Waals surface area (Å²) in [5.41, 5.74) is 0.109. The summed E-state index contributed by atoms with van der Waals surface area (Å²) < 4.78 is 13.4. The summed E-state index contributed by atoms with van der Waals surface area (Å²) >= 11 is 0. The molecule has 4 unspecified atom stereocenters. The normalized spacial score (nSPS) is 28.4. The Morgan fingerprint density at radius 2 is 2.08 bits per heavy atom. The highest BCUT2D eigenvalue weighted by atomic mass is 19.1. The van der Waals surface area contributed by atoms with Crippen molar-refractivity contribution in [2.45, 2.75) is 25.3 Å². The highest BCUT2D eigenvalue weighted by molar-refractivity contribution is 6.06. The molecule has 2 aromatic rings. The lowest BCUT2D eigenvalue weighted by atomic mass is 9.85. The number of aliphatic hydroxyl groups excluding tert-OH is 1. The van der Waals surface area contributed by atoms with E-state index in [2.05, 4.69) is 10.3 Å². The molecule has 2 saturated carbocycles. The van der Waals surface area contributed by atoms with Gasteiger partial charge in [0, 0.05) is 30.0 Å². The fourth-order valence-corrected chi connectivity index (χ4v) is 4.55. The van der Waals surface area contributed by atoms with Crippen molar-refractivity contribution >= 4 is 16.8 Å². The minimum atomic E-state index is -0.468. The number of fused-ring (bicyclic) bond motifs is 3. The highest BCUT2D eigenvalue weighted by Crippen LogP contribution is 2.48. The Kier molecular flexibility index (Phi) is 3.64. The van der Waals surface area contributed by atoms with Crippen LogP contribution in [-0.2, 0) is 0 Å². The van der Waals surface area contributed by atoms with Crippen LogP contribution in [0.3, 0.4) is 0 Å². The van der Waals surface area contributed by atoms with Crippen molar-refractivity contribution < 1.29 is 14.3 Å². The van der Waals surface area contributed by atoms with E-state index in [1.807, 2.05) is 0 Å². The average molecular weight is 330 g/mol. The summed E-state index contributed by atoms with van der Waals surface area (Å²) in [6.45, 7) is 0.0629. The Labute approximate surface area is 137 Å². The Morgan fingerprint density at radius 3 is 2.88 bits per heavy atom. The molecule has 2 aliphatic carbocycles. The predicted molar refractivity (Wildman–Crippen MR) is 87.2 cm³/mol. The zero-order valence-electron chi connectivity index (χ0n) is 13.1. The summed E-state index contributed by atoms with van der Waals surface area (Å²) in [5.74, 6) is 0.133. The number of carbonyl (C=O) groups excluding carboxylic acids is 1. The molecule has 2 bridgehead atoms. The molecule has 6 heteroatoms. The van der Waals surface area contributed by atoms with Crippen LogP contribution in [0.4, 0.5) is 4.39 Å². The second-order valence-corrected chi connectivity index (χ2v) is 6.92. The molecule has 0 aliphatic heterocycles. The zero-order chi connectivity index (χ0) is 16.8. The topological polar surface area (TPSA) is 82.2 Å². The number of aromatic amines is 1.